The second kappa shape index (κ2) is 4.50. The van der Waals surface area contributed by atoms with Crippen LogP contribution in [0.1, 0.15) is 34.1 Å². The van der Waals surface area contributed by atoms with E-state index in [-0.39, 0.29) is 5.41 Å². The minimum atomic E-state index is 0.181. The molecule has 0 amide bonds. The van der Waals surface area contributed by atoms with Gasteiger partial charge in [0.05, 0.1) is 0 Å². The molecule has 0 aromatic heterocycles. The fourth-order valence-electron chi connectivity index (χ4n) is 2.51. The zero-order valence-corrected chi connectivity index (χ0v) is 10.6. The van der Waals surface area contributed by atoms with E-state index in [4.69, 9.17) is 5.84 Å². The summed E-state index contributed by atoms with van der Waals surface area (Å²) < 4.78 is 0. The molecule has 2 unspecified atom stereocenters. The van der Waals surface area contributed by atoms with Crippen LogP contribution < -0.4 is 5.84 Å². The molecule has 2 nitrogen and oxygen atoms in total. The van der Waals surface area contributed by atoms with Crippen LogP contribution in [0.5, 0.6) is 0 Å². The maximum Gasteiger partial charge on any atom is 0.0498 e. The van der Waals surface area contributed by atoms with Crippen LogP contribution >= 0.6 is 0 Å². The average molecular weight is 208 g/mol. The number of likely N-dealkylation sites (N-methyl/N-ethyl adjacent to an activating group) is 1. The second-order valence-corrected chi connectivity index (χ2v) is 5.74. The quantitative estimate of drug-likeness (QED) is 0.558. The smallest absolute Gasteiger partial charge is 0.0498 e. The Morgan fingerprint density at radius 2 is 2.07 bits per heavy atom. The van der Waals surface area contributed by atoms with Crippen molar-refractivity contribution in [1.82, 2.24) is 5.01 Å². The van der Waals surface area contributed by atoms with Crippen LogP contribution in [0.15, 0.2) is 23.8 Å². The number of hydrogen-bond donors (Lipinski definition) is 1. The van der Waals surface area contributed by atoms with Gasteiger partial charge in [-0.2, -0.15) is 0 Å². The van der Waals surface area contributed by atoms with Crippen LogP contribution in [0.3, 0.4) is 0 Å². The Morgan fingerprint density at radius 1 is 1.47 bits per heavy atom. The Hall–Kier alpha value is -0.600. The summed E-state index contributed by atoms with van der Waals surface area (Å²) in [7, 11) is 1.96. The van der Waals surface area contributed by atoms with Crippen molar-refractivity contribution >= 4 is 0 Å². The molecule has 0 aromatic rings. The Balaban J connectivity index is 2.91. The third-order valence-electron chi connectivity index (χ3n) is 2.89. The predicted molar refractivity (Wildman–Crippen MR) is 66.2 cm³/mol. The van der Waals surface area contributed by atoms with Gasteiger partial charge in [0.1, 0.15) is 0 Å². The molecule has 0 aromatic carbocycles. The Kier molecular flexibility index (Phi) is 3.74. The molecule has 0 fully saturated rings. The highest BCUT2D eigenvalue weighted by atomic mass is 15.4. The summed E-state index contributed by atoms with van der Waals surface area (Å²) in [6, 6.07) is 0.324. The van der Waals surface area contributed by atoms with E-state index in [1.165, 1.54) is 5.57 Å². The lowest BCUT2D eigenvalue weighted by Crippen LogP contribution is -2.47. The maximum atomic E-state index is 5.97. The molecule has 1 rings (SSSR count). The first-order valence-corrected chi connectivity index (χ1v) is 5.67. The zero-order valence-electron chi connectivity index (χ0n) is 10.6. The monoisotopic (exact) mass is 208 g/mol. The summed E-state index contributed by atoms with van der Waals surface area (Å²) in [6.07, 6.45) is 7.75. The Bertz CT molecular complexity index is 269. The van der Waals surface area contributed by atoms with Gasteiger partial charge < -0.3 is 0 Å². The zero-order chi connectivity index (χ0) is 11.6. The van der Waals surface area contributed by atoms with Crippen LogP contribution in [-0.2, 0) is 0 Å². The van der Waals surface area contributed by atoms with Gasteiger partial charge in [-0.05, 0) is 17.8 Å². The first kappa shape index (κ1) is 12.5. The summed E-state index contributed by atoms with van der Waals surface area (Å²) in [5.74, 6) is 6.60. The molecule has 0 saturated carbocycles. The number of hydrazine groups is 1. The predicted octanol–water partition coefficient (Wildman–Crippen LogP) is 2.73. The topological polar surface area (TPSA) is 29.3 Å². The molecule has 86 valence electrons. The van der Waals surface area contributed by atoms with Crippen molar-refractivity contribution in [2.75, 3.05) is 7.05 Å². The van der Waals surface area contributed by atoms with Gasteiger partial charge in [0.2, 0.25) is 0 Å². The van der Waals surface area contributed by atoms with Gasteiger partial charge in [0.25, 0.3) is 0 Å². The molecule has 15 heavy (non-hydrogen) atoms. The highest BCUT2D eigenvalue weighted by Gasteiger charge is 2.31. The Labute approximate surface area is 93.8 Å². The highest BCUT2D eigenvalue weighted by Crippen LogP contribution is 2.33. The normalized spacial score (nSPS) is 24.2. The van der Waals surface area contributed by atoms with E-state index in [0.29, 0.717) is 12.0 Å². The lowest BCUT2D eigenvalue weighted by atomic mass is 9.78. The van der Waals surface area contributed by atoms with Crippen molar-refractivity contribution in [2.45, 2.75) is 40.2 Å². The van der Waals surface area contributed by atoms with Gasteiger partial charge in [0.15, 0.2) is 0 Å². The molecule has 2 atom stereocenters. The first-order valence-electron chi connectivity index (χ1n) is 5.67. The summed E-state index contributed by atoms with van der Waals surface area (Å²) in [6.45, 7) is 8.97. The van der Waals surface area contributed by atoms with E-state index in [2.05, 4.69) is 45.9 Å². The van der Waals surface area contributed by atoms with Crippen molar-refractivity contribution < 1.29 is 0 Å². The summed E-state index contributed by atoms with van der Waals surface area (Å²) in [5.41, 5.74) is 1.63. The average Bonchev–Trinajstić information content (AvgIpc) is 1.99. The third kappa shape index (κ3) is 3.18. The number of rotatable bonds is 2. The summed E-state index contributed by atoms with van der Waals surface area (Å²) in [4.78, 5) is 0. The van der Waals surface area contributed by atoms with Crippen molar-refractivity contribution in [3.63, 3.8) is 0 Å². The molecular weight excluding hydrogens is 184 g/mol. The maximum absolute atomic E-state index is 5.97. The molecule has 0 bridgehead atoms. The lowest BCUT2D eigenvalue weighted by molar-refractivity contribution is 0.152. The van der Waals surface area contributed by atoms with Crippen molar-refractivity contribution in [3.05, 3.63) is 23.8 Å². The fraction of sp³-hybridized carbons (Fsp3) is 0.692. The van der Waals surface area contributed by atoms with Gasteiger partial charge in [-0.3, -0.25) is 5.84 Å². The standard InChI is InChI=1S/C13H24N2/c1-10-7-6-8-11(9-10)12(15(5)14)13(2,3)4/h6-8,10,12H,9,14H2,1-5H3. The van der Waals surface area contributed by atoms with Gasteiger partial charge in [-0.15, -0.1) is 0 Å². The Morgan fingerprint density at radius 3 is 2.47 bits per heavy atom. The molecule has 0 aliphatic heterocycles. The van der Waals surface area contributed by atoms with E-state index < -0.39 is 0 Å². The van der Waals surface area contributed by atoms with Crippen LogP contribution in [0.2, 0.25) is 0 Å². The summed E-state index contributed by atoms with van der Waals surface area (Å²) >= 11 is 0. The number of nitrogens with zero attached hydrogens (tertiary/aromatic N) is 1. The lowest BCUT2D eigenvalue weighted by Gasteiger charge is -2.38. The van der Waals surface area contributed by atoms with E-state index in [0.717, 1.165) is 6.42 Å². The van der Waals surface area contributed by atoms with Crippen LogP contribution in [0.4, 0.5) is 0 Å². The molecule has 1 aliphatic rings. The summed E-state index contributed by atoms with van der Waals surface area (Å²) in [5, 5.41) is 1.84. The van der Waals surface area contributed by atoms with Crippen LogP contribution in [0.25, 0.3) is 0 Å². The minimum Gasteiger partial charge on any atom is -0.268 e. The van der Waals surface area contributed by atoms with Gasteiger partial charge in [-0.25, -0.2) is 5.01 Å². The van der Waals surface area contributed by atoms with Crippen LogP contribution in [0, 0.1) is 11.3 Å². The van der Waals surface area contributed by atoms with Crippen molar-refractivity contribution in [2.24, 2.45) is 17.2 Å². The number of hydrogen-bond acceptors (Lipinski definition) is 2. The molecule has 0 spiro atoms. The van der Waals surface area contributed by atoms with E-state index in [9.17, 15) is 0 Å². The number of nitrogens with two attached hydrogens (primary N) is 1. The second-order valence-electron chi connectivity index (χ2n) is 5.74. The van der Waals surface area contributed by atoms with Gasteiger partial charge in [0, 0.05) is 13.1 Å². The molecule has 2 N–H and O–H groups in total. The highest BCUT2D eigenvalue weighted by molar-refractivity contribution is 5.25. The molecule has 1 aliphatic carbocycles. The largest absolute Gasteiger partial charge is 0.268 e. The first-order chi connectivity index (χ1) is 6.82. The minimum absolute atomic E-state index is 0.181. The molecule has 0 heterocycles. The van der Waals surface area contributed by atoms with Gasteiger partial charge >= 0.3 is 0 Å². The van der Waals surface area contributed by atoms with Crippen molar-refractivity contribution in [3.8, 4) is 0 Å². The fourth-order valence-corrected chi connectivity index (χ4v) is 2.51. The van der Waals surface area contributed by atoms with E-state index >= 15 is 0 Å². The van der Waals surface area contributed by atoms with E-state index in [1.807, 2.05) is 12.1 Å². The van der Waals surface area contributed by atoms with E-state index in [1.54, 1.807) is 0 Å². The van der Waals surface area contributed by atoms with Crippen LogP contribution in [-0.4, -0.2) is 18.1 Å². The molecule has 2 heteroatoms. The molecular formula is C13H24N2. The molecule has 0 saturated heterocycles. The molecule has 0 radical (unpaired) electrons. The van der Waals surface area contributed by atoms with Gasteiger partial charge in [-0.1, -0.05) is 51.5 Å². The third-order valence-corrected chi connectivity index (χ3v) is 2.89. The van der Waals surface area contributed by atoms with Crippen molar-refractivity contribution in [1.29, 1.82) is 0 Å². The SMILES string of the molecule is CC1C=CC=C(C(N(C)N)C(C)(C)C)C1. The number of allylic oxidation sites excluding steroid dienone is 3.